The molecule has 0 rings (SSSR count). The zero-order chi connectivity index (χ0) is 19.8. The van der Waals surface area contributed by atoms with Crippen molar-refractivity contribution in [1.29, 1.82) is 0 Å². The van der Waals surface area contributed by atoms with E-state index in [4.69, 9.17) is 0 Å². The Morgan fingerprint density at radius 3 is 0.852 bits per heavy atom. The van der Waals surface area contributed by atoms with Crippen molar-refractivity contribution in [2.24, 2.45) is 5.92 Å². The van der Waals surface area contributed by atoms with E-state index in [0.717, 1.165) is 5.92 Å². The molecular formula is C27H56. The predicted molar refractivity (Wildman–Crippen MR) is 127 cm³/mol. The second-order valence-corrected chi connectivity index (χ2v) is 9.22. The molecule has 27 heavy (non-hydrogen) atoms. The lowest BCUT2D eigenvalue weighted by atomic mass is 9.92. The van der Waals surface area contributed by atoms with E-state index in [2.05, 4.69) is 20.8 Å². The lowest BCUT2D eigenvalue weighted by molar-refractivity contribution is 0.392. The molecule has 0 N–H and O–H groups in total. The summed E-state index contributed by atoms with van der Waals surface area (Å²) in [5, 5.41) is 0. The minimum atomic E-state index is 1.02. The summed E-state index contributed by atoms with van der Waals surface area (Å²) in [6.45, 7) is 7.03. The Hall–Kier alpha value is 0. The summed E-state index contributed by atoms with van der Waals surface area (Å²) in [7, 11) is 0. The lowest BCUT2D eigenvalue weighted by Crippen LogP contribution is -1.99. The molecule has 0 bridgehead atoms. The third kappa shape index (κ3) is 22.2. The first-order valence-electron chi connectivity index (χ1n) is 13.3. The van der Waals surface area contributed by atoms with E-state index >= 15 is 0 Å². The summed E-state index contributed by atoms with van der Waals surface area (Å²) < 4.78 is 0. The van der Waals surface area contributed by atoms with Crippen molar-refractivity contribution in [1.82, 2.24) is 0 Å². The normalized spacial score (nSPS) is 11.6. The maximum absolute atomic E-state index is 2.41. The Morgan fingerprint density at radius 1 is 0.333 bits per heavy atom. The van der Waals surface area contributed by atoms with Crippen molar-refractivity contribution in [3.63, 3.8) is 0 Å². The van der Waals surface area contributed by atoms with Crippen molar-refractivity contribution in [3.05, 3.63) is 0 Å². The Morgan fingerprint density at radius 2 is 0.593 bits per heavy atom. The second-order valence-electron chi connectivity index (χ2n) is 9.22. The maximum atomic E-state index is 2.41. The van der Waals surface area contributed by atoms with Crippen LogP contribution in [0.4, 0.5) is 0 Å². The Kier molecular flexibility index (Phi) is 24.0. The maximum Gasteiger partial charge on any atom is -0.0417 e. The smallest absolute Gasteiger partial charge is 0.0417 e. The summed E-state index contributed by atoms with van der Waals surface area (Å²) in [6.07, 6.45) is 33.8. The molecule has 0 saturated heterocycles. The summed E-state index contributed by atoms with van der Waals surface area (Å²) in [5.74, 6) is 1.02. The molecule has 164 valence electrons. The molecule has 0 aliphatic heterocycles. The summed E-state index contributed by atoms with van der Waals surface area (Å²) in [6, 6.07) is 0. The summed E-state index contributed by atoms with van der Waals surface area (Å²) in [5.41, 5.74) is 0. The molecule has 0 radical (unpaired) electrons. The van der Waals surface area contributed by atoms with E-state index in [1.165, 1.54) is 148 Å². The average molecular weight is 381 g/mol. The van der Waals surface area contributed by atoms with E-state index < -0.39 is 0 Å². The first kappa shape index (κ1) is 27.0. The number of unbranched alkanes of at least 4 members (excludes halogenated alkanes) is 18. The fraction of sp³-hybridized carbons (Fsp3) is 1.00. The van der Waals surface area contributed by atoms with Gasteiger partial charge in [-0.3, -0.25) is 0 Å². The van der Waals surface area contributed by atoms with Gasteiger partial charge in [0, 0.05) is 0 Å². The molecule has 0 aliphatic carbocycles. The third-order valence-electron chi connectivity index (χ3n) is 6.51. The molecule has 0 aromatic rings. The van der Waals surface area contributed by atoms with Crippen LogP contribution in [0.15, 0.2) is 0 Å². The van der Waals surface area contributed by atoms with Gasteiger partial charge in [0.1, 0.15) is 0 Å². The van der Waals surface area contributed by atoms with E-state index in [9.17, 15) is 0 Å². The molecule has 0 unspecified atom stereocenters. The van der Waals surface area contributed by atoms with Crippen molar-refractivity contribution in [3.8, 4) is 0 Å². The fourth-order valence-corrected chi connectivity index (χ4v) is 4.39. The highest BCUT2D eigenvalue weighted by Gasteiger charge is 2.06. The Labute approximate surface area is 174 Å². The average Bonchev–Trinajstić information content (AvgIpc) is 2.69. The minimum Gasteiger partial charge on any atom is -0.0654 e. The summed E-state index contributed by atoms with van der Waals surface area (Å²) in [4.78, 5) is 0. The number of hydrogen-bond acceptors (Lipinski definition) is 0. The van der Waals surface area contributed by atoms with Crippen LogP contribution in [-0.2, 0) is 0 Å². The standard InChI is InChI=1S/C27H56/c1-4-7-9-11-13-15-17-19-21-23-25-27(6-3)26-24-22-20-18-16-14-12-10-8-5-2/h27H,4-26H2,1-3H3. The highest BCUT2D eigenvalue weighted by molar-refractivity contribution is 4.59. The van der Waals surface area contributed by atoms with Gasteiger partial charge in [-0.15, -0.1) is 0 Å². The fourth-order valence-electron chi connectivity index (χ4n) is 4.39. The largest absolute Gasteiger partial charge is 0.0654 e. The van der Waals surface area contributed by atoms with E-state index in [1.54, 1.807) is 0 Å². The molecule has 0 fully saturated rings. The van der Waals surface area contributed by atoms with Gasteiger partial charge in [0.15, 0.2) is 0 Å². The van der Waals surface area contributed by atoms with Gasteiger partial charge in [-0.2, -0.15) is 0 Å². The van der Waals surface area contributed by atoms with Gasteiger partial charge in [0.2, 0.25) is 0 Å². The molecule has 0 nitrogen and oxygen atoms in total. The zero-order valence-corrected chi connectivity index (χ0v) is 19.8. The highest BCUT2D eigenvalue weighted by Crippen LogP contribution is 2.22. The van der Waals surface area contributed by atoms with Gasteiger partial charge in [-0.25, -0.2) is 0 Å². The minimum absolute atomic E-state index is 1.02. The Bertz CT molecular complexity index is 220. The number of rotatable bonds is 23. The molecule has 0 aromatic carbocycles. The van der Waals surface area contributed by atoms with Crippen LogP contribution in [0, 0.1) is 5.92 Å². The molecule has 0 heteroatoms. The van der Waals surface area contributed by atoms with Gasteiger partial charge >= 0.3 is 0 Å². The molecule has 0 heterocycles. The van der Waals surface area contributed by atoms with Crippen LogP contribution in [0.5, 0.6) is 0 Å². The predicted octanol–water partition coefficient (Wildman–Crippen LogP) is 10.6. The number of hydrogen-bond donors (Lipinski definition) is 0. The van der Waals surface area contributed by atoms with Crippen molar-refractivity contribution in [2.75, 3.05) is 0 Å². The van der Waals surface area contributed by atoms with Crippen LogP contribution >= 0.6 is 0 Å². The van der Waals surface area contributed by atoms with Gasteiger partial charge < -0.3 is 0 Å². The van der Waals surface area contributed by atoms with Gasteiger partial charge in [0.05, 0.1) is 0 Å². The van der Waals surface area contributed by atoms with Crippen LogP contribution in [0.3, 0.4) is 0 Å². The first-order valence-corrected chi connectivity index (χ1v) is 13.3. The molecule has 0 atom stereocenters. The molecular weight excluding hydrogens is 324 g/mol. The molecule has 0 spiro atoms. The van der Waals surface area contributed by atoms with Crippen LogP contribution in [0.25, 0.3) is 0 Å². The quantitative estimate of drug-likeness (QED) is 0.155. The van der Waals surface area contributed by atoms with Gasteiger partial charge in [-0.1, -0.05) is 168 Å². The lowest BCUT2D eigenvalue weighted by Gasteiger charge is -2.14. The van der Waals surface area contributed by atoms with E-state index in [0.29, 0.717) is 0 Å². The molecule has 0 saturated carbocycles. The van der Waals surface area contributed by atoms with Crippen LogP contribution in [-0.4, -0.2) is 0 Å². The zero-order valence-electron chi connectivity index (χ0n) is 19.8. The van der Waals surface area contributed by atoms with Crippen molar-refractivity contribution >= 4 is 0 Å². The van der Waals surface area contributed by atoms with E-state index in [1.807, 2.05) is 0 Å². The third-order valence-corrected chi connectivity index (χ3v) is 6.51. The topological polar surface area (TPSA) is 0 Å². The van der Waals surface area contributed by atoms with Gasteiger partial charge in [-0.05, 0) is 5.92 Å². The van der Waals surface area contributed by atoms with Gasteiger partial charge in [0.25, 0.3) is 0 Å². The van der Waals surface area contributed by atoms with Crippen molar-refractivity contribution < 1.29 is 0 Å². The highest BCUT2D eigenvalue weighted by atomic mass is 14.1. The monoisotopic (exact) mass is 380 g/mol. The molecule has 0 amide bonds. The molecule has 0 aliphatic rings. The van der Waals surface area contributed by atoms with Crippen LogP contribution in [0.2, 0.25) is 0 Å². The van der Waals surface area contributed by atoms with E-state index in [-0.39, 0.29) is 0 Å². The van der Waals surface area contributed by atoms with Crippen molar-refractivity contribution in [2.45, 2.75) is 168 Å². The van der Waals surface area contributed by atoms with Crippen LogP contribution in [0.1, 0.15) is 168 Å². The SMILES string of the molecule is CCCCCCCCCCCCC(CC)CCCCCCCCCCCC. The second kappa shape index (κ2) is 24.0. The summed E-state index contributed by atoms with van der Waals surface area (Å²) >= 11 is 0. The first-order chi connectivity index (χ1) is 13.3. The molecule has 0 aromatic heterocycles. The Balaban J connectivity index is 3.28. The van der Waals surface area contributed by atoms with Crippen LogP contribution < -0.4 is 0 Å².